The maximum Gasteiger partial charge on any atom is 0.227 e. The number of likely N-dealkylation sites (tertiary alicyclic amines) is 1. The summed E-state index contributed by atoms with van der Waals surface area (Å²) in [6, 6.07) is 0.265. The van der Waals surface area contributed by atoms with E-state index in [1.807, 2.05) is 6.92 Å². The van der Waals surface area contributed by atoms with Crippen LogP contribution in [0.5, 0.6) is 0 Å². The maximum atomic E-state index is 11.4. The molecular weight excluding hydrogens is 166 g/mol. The molecule has 0 N–H and O–H groups in total. The van der Waals surface area contributed by atoms with Crippen molar-refractivity contribution in [1.29, 1.82) is 0 Å². The lowest BCUT2D eigenvalue weighted by Gasteiger charge is -2.21. The molecule has 1 atom stereocenters. The molecule has 4 nitrogen and oxygen atoms in total. The lowest BCUT2D eigenvalue weighted by atomic mass is 10.2. The third kappa shape index (κ3) is 1.61. The van der Waals surface area contributed by atoms with E-state index in [9.17, 15) is 4.79 Å². The molecule has 1 amide bonds. The molecule has 2 rings (SSSR count). The van der Waals surface area contributed by atoms with Crippen LogP contribution in [0, 0.1) is 0 Å². The number of carbonyl (C=O) groups excluding carboxylic acids is 1. The summed E-state index contributed by atoms with van der Waals surface area (Å²) in [5, 5.41) is 0. The molecule has 0 radical (unpaired) electrons. The molecule has 13 heavy (non-hydrogen) atoms. The molecule has 0 aromatic heterocycles. The van der Waals surface area contributed by atoms with Crippen LogP contribution in [0.1, 0.15) is 26.2 Å². The molecule has 2 aliphatic rings. The van der Waals surface area contributed by atoms with Gasteiger partial charge in [-0.25, -0.2) is 4.99 Å². The summed E-state index contributed by atoms with van der Waals surface area (Å²) in [4.78, 5) is 21.4. The molecule has 0 bridgehead atoms. The molecule has 0 aromatic rings. The van der Waals surface area contributed by atoms with Crippen molar-refractivity contribution in [1.82, 2.24) is 4.90 Å². The Hall–Kier alpha value is -1.19. The molecule has 0 spiro atoms. The number of amidine groups is 1. The average Bonchev–Trinajstić information content (AvgIpc) is 2.51. The maximum absolute atomic E-state index is 11.4. The van der Waals surface area contributed by atoms with Crippen molar-refractivity contribution >= 4 is 18.1 Å². The molecule has 2 aliphatic heterocycles. The van der Waals surface area contributed by atoms with Crippen molar-refractivity contribution in [3.63, 3.8) is 0 Å². The van der Waals surface area contributed by atoms with Gasteiger partial charge in [0.25, 0.3) is 0 Å². The Kier molecular flexibility index (Phi) is 2.12. The largest absolute Gasteiger partial charge is 0.300 e. The Labute approximate surface area is 77.4 Å². The van der Waals surface area contributed by atoms with Crippen LogP contribution in [0.25, 0.3) is 0 Å². The number of rotatable bonds is 0. The number of amides is 1. The van der Waals surface area contributed by atoms with E-state index >= 15 is 0 Å². The molecule has 1 unspecified atom stereocenters. The van der Waals surface area contributed by atoms with Gasteiger partial charge in [-0.15, -0.1) is 0 Å². The summed E-state index contributed by atoms with van der Waals surface area (Å²) in [5.41, 5.74) is 0. The van der Waals surface area contributed by atoms with E-state index < -0.39 is 0 Å². The fourth-order valence-corrected chi connectivity index (χ4v) is 1.68. The Morgan fingerprint density at radius 3 is 3.08 bits per heavy atom. The zero-order chi connectivity index (χ0) is 9.26. The molecule has 2 heterocycles. The highest BCUT2D eigenvalue weighted by atomic mass is 16.2. The second kappa shape index (κ2) is 3.28. The number of hydrogen-bond acceptors (Lipinski definition) is 3. The van der Waals surface area contributed by atoms with Crippen LogP contribution in [0.15, 0.2) is 9.98 Å². The highest BCUT2D eigenvalue weighted by Gasteiger charge is 2.26. The number of nitrogens with zero attached hydrogens (tertiary/aromatic N) is 3. The van der Waals surface area contributed by atoms with Gasteiger partial charge >= 0.3 is 0 Å². The van der Waals surface area contributed by atoms with Gasteiger partial charge in [0.2, 0.25) is 5.91 Å². The molecule has 1 saturated heterocycles. The van der Waals surface area contributed by atoms with Crippen molar-refractivity contribution in [3.05, 3.63) is 0 Å². The predicted molar refractivity (Wildman–Crippen MR) is 51.0 cm³/mol. The minimum Gasteiger partial charge on any atom is -0.300 e. The monoisotopic (exact) mass is 179 g/mol. The van der Waals surface area contributed by atoms with Crippen LogP contribution in [0.2, 0.25) is 0 Å². The molecule has 0 aromatic carbocycles. The van der Waals surface area contributed by atoms with E-state index in [0.717, 1.165) is 25.2 Å². The van der Waals surface area contributed by atoms with Crippen LogP contribution < -0.4 is 0 Å². The van der Waals surface area contributed by atoms with E-state index in [0.29, 0.717) is 6.42 Å². The lowest BCUT2D eigenvalue weighted by Crippen LogP contribution is -2.35. The Bertz CT molecular complexity index is 283. The average molecular weight is 179 g/mol. The van der Waals surface area contributed by atoms with Crippen LogP contribution in [-0.4, -0.2) is 35.6 Å². The summed E-state index contributed by atoms with van der Waals surface area (Å²) in [6.45, 7) is 2.87. The Morgan fingerprint density at radius 1 is 1.62 bits per heavy atom. The third-order valence-electron chi connectivity index (χ3n) is 2.39. The van der Waals surface area contributed by atoms with Crippen LogP contribution >= 0.6 is 0 Å². The zero-order valence-corrected chi connectivity index (χ0v) is 7.73. The van der Waals surface area contributed by atoms with Gasteiger partial charge in [0.1, 0.15) is 12.2 Å². The number of carbonyl (C=O) groups is 1. The van der Waals surface area contributed by atoms with Gasteiger partial charge in [-0.3, -0.25) is 9.79 Å². The first kappa shape index (κ1) is 8.41. The zero-order valence-electron chi connectivity index (χ0n) is 7.73. The van der Waals surface area contributed by atoms with Crippen molar-refractivity contribution in [2.45, 2.75) is 32.2 Å². The standard InChI is InChI=1S/C9H13N3O/c1-7-5-8(11-6-10-7)12-4-2-3-9(12)13/h6-7H,2-5H2,1H3. The van der Waals surface area contributed by atoms with E-state index in [1.165, 1.54) is 0 Å². The number of hydrogen-bond donors (Lipinski definition) is 0. The van der Waals surface area contributed by atoms with Gasteiger partial charge in [-0.2, -0.15) is 0 Å². The highest BCUT2D eigenvalue weighted by Crippen LogP contribution is 2.15. The molecule has 70 valence electrons. The van der Waals surface area contributed by atoms with Crippen LogP contribution in [-0.2, 0) is 4.79 Å². The summed E-state index contributed by atoms with van der Waals surface area (Å²) in [6.07, 6.45) is 3.99. The highest BCUT2D eigenvalue weighted by molar-refractivity contribution is 6.02. The minimum absolute atomic E-state index is 0.209. The first-order valence-corrected chi connectivity index (χ1v) is 4.66. The predicted octanol–water partition coefficient (Wildman–Crippen LogP) is 0.828. The van der Waals surface area contributed by atoms with Crippen molar-refractivity contribution < 1.29 is 4.79 Å². The molecule has 4 heteroatoms. The van der Waals surface area contributed by atoms with Gasteiger partial charge in [0.05, 0.1) is 6.04 Å². The second-order valence-electron chi connectivity index (χ2n) is 3.51. The molecule has 0 saturated carbocycles. The van der Waals surface area contributed by atoms with Crippen molar-refractivity contribution in [3.8, 4) is 0 Å². The van der Waals surface area contributed by atoms with E-state index in [1.54, 1.807) is 11.2 Å². The van der Waals surface area contributed by atoms with Crippen LogP contribution in [0.3, 0.4) is 0 Å². The summed E-state index contributed by atoms with van der Waals surface area (Å²) in [7, 11) is 0. The fraction of sp³-hybridized carbons (Fsp3) is 0.667. The van der Waals surface area contributed by atoms with Gasteiger partial charge in [-0.1, -0.05) is 0 Å². The van der Waals surface area contributed by atoms with Crippen molar-refractivity contribution in [2.24, 2.45) is 9.98 Å². The first-order valence-electron chi connectivity index (χ1n) is 4.66. The third-order valence-corrected chi connectivity index (χ3v) is 2.39. The minimum atomic E-state index is 0.209. The Morgan fingerprint density at radius 2 is 2.46 bits per heavy atom. The summed E-state index contributed by atoms with van der Waals surface area (Å²) < 4.78 is 0. The SMILES string of the molecule is CC1CC(N2CCCC2=O)=NC=N1. The molecular formula is C9H13N3O. The Balaban J connectivity index is 2.12. The lowest BCUT2D eigenvalue weighted by molar-refractivity contribution is -0.124. The second-order valence-corrected chi connectivity index (χ2v) is 3.51. The fourth-order valence-electron chi connectivity index (χ4n) is 1.68. The smallest absolute Gasteiger partial charge is 0.227 e. The van der Waals surface area contributed by atoms with E-state index in [-0.39, 0.29) is 11.9 Å². The number of aliphatic imine (C=N–C) groups is 2. The summed E-state index contributed by atoms with van der Waals surface area (Å²) >= 11 is 0. The van der Waals surface area contributed by atoms with Gasteiger partial charge in [0, 0.05) is 19.4 Å². The van der Waals surface area contributed by atoms with Gasteiger partial charge in [-0.05, 0) is 13.3 Å². The summed E-state index contributed by atoms with van der Waals surface area (Å²) in [5.74, 6) is 1.10. The van der Waals surface area contributed by atoms with E-state index in [2.05, 4.69) is 9.98 Å². The molecule has 0 aliphatic carbocycles. The van der Waals surface area contributed by atoms with Gasteiger partial charge < -0.3 is 4.90 Å². The topological polar surface area (TPSA) is 45.0 Å². The molecule has 1 fully saturated rings. The van der Waals surface area contributed by atoms with Gasteiger partial charge in [0.15, 0.2) is 0 Å². The van der Waals surface area contributed by atoms with E-state index in [4.69, 9.17) is 0 Å². The normalized spacial score (nSPS) is 28.1. The quantitative estimate of drug-likeness (QED) is 0.543. The van der Waals surface area contributed by atoms with Crippen molar-refractivity contribution in [2.75, 3.05) is 6.54 Å². The van der Waals surface area contributed by atoms with Crippen LogP contribution in [0.4, 0.5) is 0 Å². The first-order chi connectivity index (χ1) is 6.27.